The molecule has 0 saturated carbocycles. The first-order valence-corrected chi connectivity index (χ1v) is 26.2. The van der Waals surface area contributed by atoms with E-state index in [4.69, 9.17) is 9.47 Å². The minimum atomic E-state index is -0.889. The third kappa shape index (κ3) is 8.12. The first-order valence-electron chi connectivity index (χ1n) is 26.2. The van der Waals surface area contributed by atoms with Crippen molar-refractivity contribution in [1.82, 2.24) is 0 Å². The van der Waals surface area contributed by atoms with E-state index in [0.717, 1.165) is 102 Å². The van der Waals surface area contributed by atoms with Crippen molar-refractivity contribution in [2.24, 2.45) is 0 Å². The fraction of sp³-hybridized carbons (Fsp3) is 0.0137. The summed E-state index contributed by atoms with van der Waals surface area (Å²) in [5.41, 5.74) is 18.6. The van der Waals surface area contributed by atoms with Crippen molar-refractivity contribution in [3.8, 4) is 67.5 Å². The molecule has 12 aromatic carbocycles. The molecule has 364 valence electrons. The minimum Gasteiger partial charge on any atom is -0.457 e. The summed E-state index contributed by atoms with van der Waals surface area (Å²) in [4.78, 5) is 4.72. The molecule has 2 heterocycles. The largest absolute Gasteiger partial charge is 0.457 e. The molecule has 0 aromatic heterocycles. The van der Waals surface area contributed by atoms with Crippen LogP contribution in [0.1, 0.15) is 22.3 Å². The Morgan fingerprint density at radius 1 is 0.195 bits per heavy atom. The molecule has 0 unspecified atom stereocenters. The fourth-order valence-corrected chi connectivity index (χ4v) is 11.5. The molecule has 0 atom stereocenters. The minimum absolute atomic E-state index is 0.782. The summed E-state index contributed by atoms with van der Waals surface area (Å²) in [6, 6.07) is 108. The quantitative estimate of drug-likeness (QED) is 0.136. The highest BCUT2D eigenvalue weighted by molar-refractivity contribution is 5.86. The molecule has 0 N–H and O–H groups in total. The predicted molar refractivity (Wildman–Crippen MR) is 316 cm³/mol. The maximum absolute atomic E-state index is 7.21. The van der Waals surface area contributed by atoms with E-state index in [1.54, 1.807) is 0 Å². The van der Waals surface area contributed by atoms with Gasteiger partial charge in [-0.2, -0.15) is 0 Å². The topological polar surface area (TPSA) is 24.9 Å². The Balaban J connectivity index is 0.971. The second-order valence-electron chi connectivity index (χ2n) is 19.6. The van der Waals surface area contributed by atoms with Crippen LogP contribution in [-0.4, -0.2) is 0 Å². The predicted octanol–water partition coefficient (Wildman–Crippen LogP) is 19.9. The number of hydrogen-bond acceptors (Lipinski definition) is 4. The van der Waals surface area contributed by atoms with Gasteiger partial charge >= 0.3 is 0 Å². The molecule has 2 aliphatic rings. The van der Waals surface area contributed by atoms with Crippen LogP contribution < -0.4 is 19.3 Å². The van der Waals surface area contributed by atoms with Crippen LogP contribution >= 0.6 is 0 Å². The average Bonchev–Trinajstić information content (AvgIpc) is 3.66. The second-order valence-corrected chi connectivity index (χ2v) is 19.6. The smallest absolute Gasteiger partial charge is 0.132 e. The lowest BCUT2D eigenvalue weighted by Gasteiger charge is -2.45. The molecule has 0 amide bonds. The number of fused-ring (bicyclic) bond motifs is 8. The average molecular weight is 987 g/mol. The molecule has 0 aliphatic carbocycles. The van der Waals surface area contributed by atoms with E-state index in [-0.39, 0.29) is 0 Å². The molecule has 0 saturated heterocycles. The number of benzene rings is 12. The first-order chi connectivity index (χ1) is 38.2. The van der Waals surface area contributed by atoms with Gasteiger partial charge in [0.05, 0.1) is 5.41 Å². The van der Waals surface area contributed by atoms with Crippen LogP contribution in [0.5, 0.6) is 23.0 Å². The summed E-state index contributed by atoms with van der Waals surface area (Å²) in [6.07, 6.45) is 0. The summed E-state index contributed by atoms with van der Waals surface area (Å²) < 4.78 is 14.1. The highest BCUT2D eigenvalue weighted by atomic mass is 16.5. The second kappa shape index (κ2) is 19.3. The van der Waals surface area contributed by atoms with E-state index in [2.05, 4.69) is 313 Å². The molecule has 1 spiro atoms. The fourth-order valence-electron chi connectivity index (χ4n) is 11.5. The molecule has 0 bridgehead atoms. The van der Waals surface area contributed by atoms with E-state index in [9.17, 15) is 0 Å². The maximum atomic E-state index is 7.21. The van der Waals surface area contributed by atoms with Crippen molar-refractivity contribution in [2.75, 3.05) is 9.80 Å². The Bertz CT molecular complexity index is 3620. The number of ether oxygens (including phenoxy) is 2. The van der Waals surface area contributed by atoms with E-state index < -0.39 is 5.41 Å². The standard InChI is InChI=1S/C73H50N2O2/c1-5-17-51(18-6-1)55-29-37-59(38-30-55)74(60-39-31-56(32-40-60)52-19-7-2-8-20-52)63-45-47-71-67(49-63)73(65-25-13-15-27-69(65)76-70-28-16-14-26-66(70)73)68-50-64(46-48-72(68)77-71)75(61-41-33-57(34-42-61)53-21-9-3-10-22-53)62-43-35-58(36-44-62)54-23-11-4-12-24-54/h1-50H. The van der Waals surface area contributed by atoms with Crippen molar-refractivity contribution in [3.63, 3.8) is 0 Å². The first kappa shape index (κ1) is 45.5. The SMILES string of the molecule is c1ccc(-c2ccc(N(c3ccc(-c4ccccc4)cc3)c3ccc4c(c3)C3(c5ccccc5Oc5ccccc53)c3cc(N(c5ccc(-c6ccccc6)cc5)c5ccc(-c6ccccc6)cc5)ccc3O4)cc2)cc1. The number of para-hydroxylation sites is 2. The lowest BCUT2D eigenvalue weighted by Crippen LogP contribution is -2.37. The monoisotopic (exact) mass is 986 g/mol. The Labute approximate surface area is 449 Å². The van der Waals surface area contributed by atoms with Gasteiger partial charge in [0.25, 0.3) is 0 Å². The van der Waals surface area contributed by atoms with Gasteiger partial charge in [-0.05, 0) is 142 Å². The zero-order chi connectivity index (χ0) is 51.1. The molecule has 4 heteroatoms. The zero-order valence-corrected chi connectivity index (χ0v) is 42.1. The van der Waals surface area contributed by atoms with Gasteiger partial charge < -0.3 is 19.3 Å². The highest BCUT2D eigenvalue weighted by Crippen LogP contribution is 2.63. The van der Waals surface area contributed by atoms with Crippen LogP contribution in [0.25, 0.3) is 44.5 Å². The Hall–Kier alpha value is -10.2. The van der Waals surface area contributed by atoms with Crippen LogP contribution in [0.15, 0.2) is 303 Å². The molecule has 4 nitrogen and oxygen atoms in total. The van der Waals surface area contributed by atoms with Crippen molar-refractivity contribution in [3.05, 3.63) is 326 Å². The van der Waals surface area contributed by atoms with E-state index in [1.807, 2.05) is 0 Å². The molecular weight excluding hydrogens is 937 g/mol. The third-order valence-electron chi connectivity index (χ3n) is 15.2. The number of rotatable bonds is 10. The Morgan fingerprint density at radius 3 is 0.727 bits per heavy atom. The van der Waals surface area contributed by atoms with Gasteiger partial charge in [0.15, 0.2) is 0 Å². The summed E-state index contributed by atoms with van der Waals surface area (Å²) in [6.45, 7) is 0. The maximum Gasteiger partial charge on any atom is 0.132 e. The summed E-state index contributed by atoms with van der Waals surface area (Å²) >= 11 is 0. The van der Waals surface area contributed by atoms with Gasteiger partial charge in [-0.15, -0.1) is 0 Å². The summed E-state index contributed by atoms with van der Waals surface area (Å²) in [7, 11) is 0. The van der Waals surface area contributed by atoms with Crippen LogP contribution in [0.4, 0.5) is 34.1 Å². The lowest BCUT2D eigenvalue weighted by atomic mass is 9.62. The van der Waals surface area contributed by atoms with Crippen molar-refractivity contribution >= 4 is 34.1 Å². The van der Waals surface area contributed by atoms with E-state index in [1.165, 1.54) is 22.3 Å². The van der Waals surface area contributed by atoms with Crippen molar-refractivity contribution in [2.45, 2.75) is 5.41 Å². The van der Waals surface area contributed by atoms with Crippen molar-refractivity contribution < 1.29 is 9.47 Å². The molecule has 2 aliphatic heterocycles. The van der Waals surface area contributed by atoms with E-state index in [0.29, 0.717) is 0 Å². The lowest BCUT2D eigenvalue weighted by molar-refractivity contribution is 0.399. The van der Waals surface area contributed by atoms with Gasteiger partial charge in [0.2, 0.25) is 0 Å². The zero-order valence-electron chi connectivity index (χ0n) is 42.1. The molecule has 14 rings (SSSR count). The highest BCUT2D eigenvalue weighted by Gasteiger charge is 2.51. The summed E-state index contributed by atoms with van der Waals surface area (Å²) in [5, 5.41) is 0. The number of hydrogen-bond donors (Lipinski definition) is 0. The van der Waals surface area contributed by atoms with Gasteiger partial charge in [0.1, 0.15) is 23.0 Å². The molecule has 0 fully saturated rings. The van der Waals surface area contributed by atoms with Crippen LogP contribution in [-0.2, 0) is 5.41 Å². The molecular formula is C73H50N2O2. The molecule has 77 heavy (non-hydrogen) atoms. The molecule has 0 radical (unpaired) electrons. The van der Waals surface area contributed by atoms with Gasteiger partial charge in [-0.1, -0.05) is 206 Å². The number of anilines is 6. The molecule has 12 aromatic rings. The van der Waals surface area contributed by atoms with Crippen LogP contribution in [0, 0.1) is 0 Å². The van der Waals surface area contributed by atoms with Gasteiger partial charge in [-0.3, -0.25) is 0 Å². The number of nitrogens with zero attached hydrogens (tertiary/aromatic N) is 2. The third-order valence-corrected chi connectivity index (χ3v) is 15.2. The Morgan fingerprint density at radius 2 is 0.429 bits per heavy atom. The van der Waals surface area contributed by atoms with Gasteiger partial charge in [-0.25, -0.2) is 0 Å². The normalized spacial score (nSPS) is 12.5. The van der Waals surface area contributed by atoms with Gasteiger partial charge in [0, 0.05) is 56.4 Å². The van der Waals surface area contributed by atoms with Crippen LogP contribution in [0.2, 0.25) is 0 Å². The van der Waals surface area contributed by atoms with Crippen molar-refractivity contribution in [1.29, 1.82) is 0 Å². The summed E-state index contributed by atoms with van der Waals surface area (Å²) in [5.74, 6) is 3.17. The van der Waals surface area contributed by atoms with Crippen LogP contribution in [0.3, 0.4) is 0 Å². The Kier molecular flexibility index (Phi) is 11.4. The van der Waals surface area contributed by atoms with E-state index >= 15 is 0 Å².